The van der Waals surface area contributed by atoms with Crippen LogP contribution in [0.3, 0.4) is 0 Å². The Morgan fingerprint density at radius 2 is 1.79 bits per heavy atom. The summed E-state index contributed by atoms with van der Waals surface area (Å²) in [4.78, 5) is 1.15. The molecule has 3 aromatic rings. The van der Waals surface area contributed by atoms with E-state index >= 15 is 0 Å². The average Bonchev–Trinajstić information content (AvgIpc) is 3.35. The van der Waals surface area contributed by atoms with Crippen LogP contribution in [0.5, 0.6) is 0 Å². The van der Waals surface area contributed by atoms with Gasteiger partial charge < -0.3 is 9.31 Å². The molecule has 2 aromatic carbocycles. The second kappa shape index (κ2) is 7.80. The number of hydrogen-bond acceptors (Lipinski definition) is 5. The molecule has 2 N–H and O–H groups in total. The normalized spacial score (nSPS) is 23.9. The van der Waals surface area contributed by atoms with Crippen molar-refractivity contribution in [1.82, 2.24) is 0 Å². The molecular weight excluding hydrogens is 477 g/mol. The molecule has 2 unspecified atom stereocenters. The second-order valence-corrected chi connectivity index (χ2v) is 13.3. The van der Waals surface area contributed by atoms with E-state index in [1.807, 2.05) is 24.3 Å². The number of halogens is 1. The van der Waals surface area contributed by atoms with Crippen molar-refractivity contribution < 1.29 is 17.7 Å². The molecule has 5 rings (SSSR count). The van der Waals surface area contributed by atoms with Crippen molar-refractivity contribution in [2.24, 2.45) is 5.14 Å². The first-order chi connectivity index (χ1) is 15.4. The van der Waals surface area contributed by atoms with Crippen LogP contribution >= 0.6 is 22.9 Å². The van der Waals surface area contributed by atoms with E-state index in [4.69, 9.17) is 26.0 Å². The SMILES string of the molecule is CC1(C)OB(c2cccc3cc(Cc4c(Cl)cccc4C4CC4S(N)(=O)=O)sc23)OC1(C)C. The van der Waals surface area contributed by atoms with Gasteiger partial charge in [-0.15, -0.1) is 11.3 Å². The van der Waals surface area contributed by atoms with Crippen LogP contribution in [-0.4, -0.2) is 32.0 Å². The number of thiophene rings is 1. The summed E-state index contributed by atoms with van der Waals surface area (Å²) >= 11 is 8.29. The highest BCUT2D eigenvalue weighted by Gasteiger charge is 2.52. The van der Waals surface area contributed by atoms with Crippen LogP contribution in [0, 0.1) is 0 Å². The van der Waals surface area contributed by atoms with Gasteiger partial charge in [-0.3, -0.25) is 0 Å². The zero-order chi connectivity index (χ0) is 23.8. The van der Waals surface area contributed by atoms with E-state index in [1.54, 1.807) is 11.3 Å². The van der Waals surface area contributed by atoms with E-state index in [-0.39, 0.29) is 5.92 Å². The summed E-state index contributed by atoms with van der Waals surface area (Å²) in [5, 5.41) is 6.65. The highest BCUT2D eigenvalue weighted by Crippen LogP contribution is 2.48. The molecule has 33 heavy (non-hydrogen) atoms. The van der Waals surface area contributed by atoms with Gasteiger partial charge in [-0.05, 0) is 62.8 Å². The van der Waals surface area contributed by atoms with Gasteiger partial charge in [-0.25, -0.2) is 13.6 Å². The molecule has 0 bridgehead atoms. The Hall–Kier alpha value is -1.42. The van der Waals surface area contributed by atoms with Crippen LogP contribution in [0.25, 0.3) is 10.1 Å². The van der Waals surface area contributed by atoms with Crippen molar-refractivity contribution in [3.63, 3.8) is 0 Å². The van der Waals surface area contributed by atoms with Gasteiger partial charge in [0.1, 0.15) is 0 Å². The van der Waals surface area contributed by atoms with Gasteiger partial charge in [0.25, 0.3) is 0 Å². The van der Waals surface area contributed by atoms with Gasteiger partial charge in [0.05, 0.1) is 16.5 Å². The molecule has 2 aliphatic rings. The van der Waals surface area contributed by atoms with Gasteiger partial charge in [0, 0.05) is 32.4 Å². The van der Waals surface area contributed by atoms with Crippen molar-refractivity contribution in [3.8, 4) is 0 Å². The summed E-state index contributed by atoms with van der Waals surface area (Å²) in [5.74, 6) is -0.0941. The Morgan fingerprint density at radius 1 is 1.12 bits per heavy atom. The van der Waals surface area contributed by atoms with E-state index in [9.17, 15) is 8.42 Å². The fourth-order valence-corrected chi connectivity index (χ4v) is 7.05. The molecule has 1 aliphatic heterocycles. The van der Waals surface area contributed by atoms with E-state index < -0.39 is 33.6 Å². The summed E-state index contributed by atoms with van der Waals surface area (Å²) < 4.78 is 37.4. The van der Waals surface area contributed by atoms with Gasteiger partial charge in [0.2, 0.25) is 10.0 Å². The quantitative estimate of drug-likeness (QED) is 0.517. The van der Waals surface area contributed by atoms with E-state index in [0.717, 1.165) is 31.6 Å². The van der Waals surface area contributed by atoms with E-state index in [2.05, 4.69) is 45.9 Å². The molecule has 1 aromatic heterocycles. The minimum Gasteiger partial charge on any atom is -0.399 e. The summed E-state index contributed by atoms with van der Waals surface area (Å²) in [7, 11) is -3.98. The van der Waals surface area contributed by atoms with Gasteiger partial charge in [0.15, 0.2) is 0 Å². The fourth-order valence-electron chi connectivity index (χ4n) is 4.53. The van der Waals surface area contributed by atoms with Crippen molar-refractivity contribution in [3.05, 3.63) is 63.5 Å². The van der Waals surface area contributed by atoms with Crippen LogP contribution < -0.4 is 10.6 Å². The van der Waals surface area contributed by atoms with Crippen LogP contribution in [0.4, 0.5) is 0 Å². The van der Waals surface area contributed by atoms with E-state index in [0.29, 0.717) is 17.9 Å². The molecule has 1 aliphatic carbocycles. The molecule has 5 nitrogen and oxygen atoms in total. The second-order valence-electron chi connectivity index (χ2n) is 10.0. The highest BCUT2D eigenvalue weighted by atomic mass is 35.5. The summed E-state index contributed by atoms with van der Waals surface area (Å²) in [5.41, 5.74) is 2.16. The molecule has 2 fully saturated rings. The number of primary sulfonamides is 1. The number of benzene rings is 2. The lowest BCUT2D eigenvalue weighted by Gasteiger charge is -2.32. The Morgan fingerprint density at radius 3 is 2.42 bits per heavy atom. The third-order valence-electron chi connectivity index (χ3n) is 7.19. The summed E-state index contributed by atoms with van der Waals surface area (Å²) in [6.45, 7) is 8.22. The molecular formula is C24H27BClNO4S2. The number of sulfonamides is 1. The average molecular weight is 504 g/mol. The van der Waals surface area contributed by atoms with Crippen molar-refractivity contribution in [1.29, 1.82) is 0 Å². The third-order valence-corrected chi connectivity index (χ3v) is 10.1. The van der Waals surface area contributed by atoms with Crippen molar-refractivity contribution in [2.45, 2.75) is 62.9 Å². The monoisotopic (exact) mass is 503 g/mol. The first-order valence-electron chi connectivity index (χ1n) is 11.0. The standard InChI is InChI=1S/C24H27BClNO4S2/c1-23(2)24(3,4)31-25(30-23)19-9-5-7-14-11-15(32-22(14)19)12-17-16(8-6-10-20(17)26)18-13-21(18)33(27,28)29/h5-11,18,21H,12-13H2,1-4H3,(H2,27,28,29). The molecule has 9 heteroatoms. The Bertz CT molecular complexity index is 1340. The van der Waals surface area contributed by atoms with Gasteiger partial charge >= 0.3 is 7.12 Å². The lowest BCUT2D eigenvalue weighted by atomic mass is 9.78. The Kier molecular flexibility index (Phi) is 5.51. The maximum absolute atomic E-state index is 11.8. The third kappa shape index (κ3) is 4.15. The van der Waals surface area contributed by atoms with Gasteiger partial charge in [-0.2, -0.15) is 0 Å². The molecule has 174 valence electrons. The molecule has 2 heterocycles. The highest BCUT2D eigenvalue weighted by molar-refractivity contribution is 7.90. The fraction of sp³-hybridized carbons (Fsp3) is 0.417. The summed E-state index contributed by atoms with van der Waals surface area (Å²) in [6.07, 6.45) is 1.18. The molecule has 0 amide bonds. The zero-order valence-corrected chi connectivity index (χ0v) is 21.5. The molecule has 1 saturated carbocycles. The Balaban J connectivity index is 1.49. The van der Waals surface area contributed by atoms with E-state index in [1.165, 1.54) is 0 Å². The minimum atomic E-state index is -3.55. The molecule has 0 spiro atoms. The maximum atomic E-state index is 11.8. The predicted octanol–water partition coefficient (Wildman–Crippen LogP) is 4.59. The smallest absolute Gasteiger partial charge is 0.399 e. The molecule has 2 atom stereocenters. The lowest BCUT2D eigenvalue weighted by molar-refractivity contribution is 0.00578. The number of nitrogens with two attached hydrogens (primary N) is 1. The largest absolute Gasteiger partial charge is 0.496 e. The maximum Gasteiger partial charge on any atom is 0.496 e. The number of fused-ring (bicyclic) bond motifs is 1. The van der Waals surface area contributed by atoms with Crippen LogP contribution in [0.1, 0.15) is 56.0 Å². The topological polar surface area (TPSA) is 78.6 Å². The van der Waals surface area contributed by atoms with Crippen molar-refractivity contribution >= 4 is 55.6 Å². The van der Waals surface area contributed by atoms with Crippen LogP contribution in [0.2, 0.25) is 5.02 Å². The zero-order valence-electron chi connectivity index (χ0n) is 19.1. The predicted molar refractivity (Wildman–Crippen MR) is 136 cm³/mol. The number of rotatable bonds is 5. The van der Waals surface area contributed by atoms with Crippen molar-refractivity contribution in [2.75, 3.05) is 0 Å². The Labute approximate surface area is 204 Å². The molecule has 0 radical (unpaired) electrons. The lowest BCUT2D eigenvalue weighted by Crippen LogP contribution is -2.41. The number of hydrogen-bond donors (Lipinski definition) is 1. The first-order valence-corrected chi connectivity index (χ1v) is 13.8. The van der Waals surface area contributed by atoms with Crippen LogP contribution in [0.15, 0.2) is 42.5 Å². The first kappa shape index (κ1) is 23.3. The van der Waals surface area contributed by atoms with Gasteiger partial charge in [-0.1, -0.05) is 41.9 Å². The minimum absolute atomic E-state index is 0.0941. The van der Waals surface area contributed by atoms with Crippen LogP contribution in [-0.2, 0) is 25.8 Å². The molecule has 1 saturated heterocycles. The summed E-state index contributed by atoms with van der Waals surface area (Å²) in [6, 6.07) is 14.1.